The van der Waals surface area contributed by atoms with Gasteiger partial charge in [-0.2, -0.15) is 0 Å². The van der Waals surface area contributed by atoms with Crippen LogP contribution in [0.15, 0.2) is 0 Å². The second kappa shape index (κ2) is 2.82. The Morgan fingerprint density at radius 2 is 2.25 bits per heavy atom. The zero-order valence-corrected chi connectivity index (χ0v) is 7.19. The smallest absolute Gasteiger partial charge is 0.158 e. The Morgan fingerprint density at radius 1 is 1.50 bits per heavy atom. The third kappa shape index (κ3) is 1.39. The summed E-state index contributed by atoms with van der Waals surface area (Å²) < 4.78 is 5.32. The van der Waals surface area contributed by atoms with E-state index < -0.39 is 6.10 Å². The first kappa shape index (κ1) is 8.20. The minimum absolute atomic E-state index is 0.112. The van der Waals surface area contributed by atoms with Gasteiger partial charge in [0.2, 0.25) is 0 Å². The first-order valence-electron chi connectivity index (χ1n) is 4.52. The van der Waals surface area contributed by atoms with Gasteiger partial charge in [0.05, 0.1) is 12.2 Å². The van der Waals surface area contributed by atoms with Gasteiger partial charge in [-0.1, -0.05) is 0 Å². The molecule has 2 aliphatic rings. The Morgan fingerprint density at radius 3 is 2.83 bits per heavy atom. The molecule has 1 heterocycles. The van der Waals surface area contributed by atoms with Crippen LogP contribution in [0.5, 0.6) is 0 Å². The van der Waals surface area contributed by atoms with Crippen LogP contribution in [-0.4, -0.2) is 29.2 Å². The fourth-order valence-corrected chi connectivity index (χ4v) is 2.05. The molecule has 3 nitrogen and oxygen atoms in total. The van der Waals surface area contributed by atoms with Crippen LogP contribution in [0.4, 0.5) is 0 Å². The largest absolute Gasteiger partial charge is 0.385 e. The van der Waals surface area contributed by atoms with Gasteiger partial charge < -0.3 is 9.84 Å². The fraction of sp³-hybridized carbons (Fsp3) is 0.889. The summed E-state index contributed by atoms with van der Waals surface area (Å²) in [5.74, 6) is 0.0327. The molecule has 0 bridgehead atoms. The summed E-state index contributed by atoms with van der Waals surface area (Å²) in [5, 5.41) is 9.48. The van der Waals surface area contributed by atoms with Gasteiger partial charge in [-0.25, -0.2) is 0 Å². The maximum atomic E-state index is 10.9. The molecule has 2 fully saturated rings. The van der Waals surface area contributed by atoms with E-state index in [1.54, 1.807) is 0 Å². The number of carbonyl (C=O) groups is 1. The van der Waals surface area contributed by atoms with Crippen molar-refractivity contribution in [2.24, 2.45) is 5.92 Å². The average Bonchev–Trinajstić information content (AvgIpc) is 2.79. The van der Waals surface area contributed by atoms with E-state index in [9.17, 15) is 9.90 Å². The minimum Gasteiger partial charge on any atom is -0.385 e. The number of hydrogen-bond acceptors (Lipinski definition) is 3. The van der Waals surface area contributed by atoms with E-state index in [4.69, 9.17) is 4.74 Å². The average molecular weight is 170 g/mol. The second-order valence-electron chi connectivity index (χ2n) is 3.84. The van der Waals surface area contributed by atoms with Crippen molar-refractivity contribution >= 4 is 5.78 Å². The lowest BCUT2D eigenvalue weighted by Gasteiger charge is -2.22. The van der Waals surface area contributed by atoms with Crippen LogP contribution in [0.2, 0.25) is 0 Å². The highest BCUT2D eigenvalue weighted by Crippen LogP contribution is 2.40. The van der Waals surface area contributed by atoms with Crippen molar-refractivity contribution in [2.75, 3.05) is 0 Å². The van der Waals surface area contributed by atoms with Crippen LogP contribution in [0.25, 0.3) is 0 Å². The van der Waals surface area contributed by atoms with Gasteiger partial charge >= 0.3 is 0 Å². The molecule has 12 heavy (non-hydrogen) atoms. The lowest BCUT2D eigenvalue weighted by molar-refractivity contribution is -0.128. The molecule has 0 aromatic rings. The summed E-state index contributed by atoms with van der Waals surface area (Å²) in [5.41, 5.74) is 0. The predicted molar refractivity (Wildman–Crippen MR) is 42.7 cm³/mol. The first-order valence-corrected chi connectivity index (χ1v) is 4.52. The van der Waals surface area contributed by atoms with E-state index in [1.807, 2.05) is 0 Å². The summed E-state index contributed by atoms with van der Waals surface area (Å²) in [6, 6.07) is 0. The maximum absolute atomic E-state index is 10.9. The normalized spacial score (nSPS) is 41.7. The lowest BCUT2D eigenvalue weighted by Crippen LogP contribution is -2.31. The number of aliphatic hydroxyl groups is 1. The van der Waals surface area contributed by atoms with E-state index in [0.29, 0.717) is 12.2 Å². The van der Waals surface area contributed by atoms with E-state index in [1.165, 1.54) is 6.92 Å². The van der Waals surface area contributed by atoms with Crippen molar-refractivity contribution in [1.82, 2.24) is 0 Å². The number of Topliss-reactive ketones (excluding diaryl/α,β-unsaturated/α-hetero) is 1. The van der Waals surface area contributed by atoms with Crippen LogP contribution in [0.3, 0.4) is 0 Å². The van der Waals surface area contributed by atoms with Crippen LogP contribution >= 0.6 is 0 Å². The third-order valence-corrected chi connectivity index (χ3v) is 2.91. The molecule has 4 unspecified atom stereocenters. The zero-order valence-electron chi connectivity index (χ0n) is 7.19. The number of fused-ring (bicyclic) bond motifs is 1. The van der Waals surface area contributed by atoms with Crippen molar-refractivity contribution in [3.63, 3.8) is 0 Å². The Labute approximate surface area is 71.7 Å². The topological polar surface area (TPSA) is 49.8 Å². The number of hydrogen-bond donors (Lipinski definition) is 1. The van der Waals surface area contributed by atoms with Gasteiger partial charge in [0.25, 0.3) is 0 Å². The summed E-state index contributed by atoms with van der Waals surface area (Å²) >= 11 is 0. The van der Waals surface area contributed by atoms with Crippen LogP contribution in [0, 0.1) is 5.92 Å². The number of ether oxygens (including phenoxy) is 1. The molecule has 1 saturated carbocycles. The highest BCUT2D eigenvalue weighted by Gasteiger charge is 2.45. The van der Waals surface area contributed by atoms with Gasteiger partial charge in [0, 0.05) is 0 Å². The molecular weight excluding hydrogens is 156 g/mol. The summed E-state index contributed by atoms with van der Waals surface area (Å²) in [6.45, 7) is 1.45. The SMILES string of the molecule is CC(=O)C(O)C1CCC2OC2C1. The molecule has 2 rings (SSSR count). The van der Waals surface area contributed by atoms with Crippen molar-refractivity contribution in [2.45, 2.75) is 44.5 Å². The lowest BCUT2D eigenvalue weighted by atomic mass is 9.84. The van der Waals surface area contributed by atoms with Crippen LogP contribution in [0.1, 0.15) is 26.2 Å². The van der Waals surface area contributed by atoms with Crippen molar-refractivity contribution in [3.8, 4) is 0 Å². The zero-order chi connectivity index (χ0) is 8.72. The number of aliphatic hydroxyl groups excluding tert-OH is 1. The van der Waals surface area contributed by atoms with Crippen LogP contribution < -0.4 is 0 Å². The Hall–Kier alpha value is -0.410. The monoisotopic (exact) mass is 170 g/mol. The predicted octanol–water partition coefficient (Wildman–Crippen LogP) is 0.504. The van der Waals surface area contributed by atoms with Gasteiger partial charge in [-0.05, 0) is 32.1 Å². The number of epoxide rings is 1. The Kier molecular flexibility index (Phi) is 1.93. The Balaban J connectivity index is 1.91. The summed E-state index contributed by atoms with van der Waals surface area (Å²) in [6.07, 6.45) is 2.85. The summed E-state index contributed by atoms with van der Waals surface area (Å²) in [4.78, 5) is 10.9. The van der Waals surface area contributed by atoms with Gasteiger partial charge in [0.1, 0.15) is 6.10 Å². The molecule has 1 N–H and O–H groups in total. The first-order chi connectivity index (χ1) is 5.68. The van der Waals surface area contributed by atoms with Crippen molar-refractivity contribution in [1.29, 1.82) is 0 Å². The van der Waals surface area contributed by atoms with Crippen LogP contribution in [-0.2, 0) is 9.53 Å². The molecule has 0 spiro atoms. The molecule has 0 aromatic heterocycles. The number of ketones is 1. The molecule has 4 atom stereocenters. The van der Waals surface area contributed by atoms with E-state index in [-0.39, 0.29) is 11.7 Å². The maximum Gasteiger partial charge on any atom is 0.158 e. The van der Waals surface area contributed by atoms with Gasteiger partial charge in [0.15, 0.2) is 5.78 Å². The number of carbonyl (C=O) groups excluding carboxylic acids is 1. The van der Waals surface area contributed by atoms with Crippen molar-refractivity contribution in [3.05, 3.63) is 0 Å². The third-order valence-electron chi connectivity index (χ3n) is 2.91. The highest BCUT2D eigenvalue weighted by molar-refractivity contribution is 5.80. The molecule has 68 valence electrons. The summed E-state index contributed by atoms with van der Waals surface area (Å²) in [7, 11) is 0. The second-order valence-corrected chi connectivity index (χ2v) is 3.84. The molecule has 1 aliphatic heterocycles. The minimum atomic E-state index is -0.754. The quantitative estimate of drug-likeness (QED) is 0.614. The standard InChI is InChI=1S/C9H14O3/c1-5(10)9(11)6-2-3-7-8(4-6)12-7/h6-9,11H,2-4H2,1H3. The van der Waals surface area contributed by atoms with E-state index in [0.717, 1.165) is 19.3 Å². The fourth-order valence-electron chi connectivity index (χ4n) is 2.05. The molecule has 0 radical (unpaired) electrons. The van der Waals surface area contributed by atoms with Gasteiger partial charge in [-0.15, -0.1) is 0 Å². The Bertz CT molecular complexity index is 202. The molecule has 1 saturated heterocycles. The van der Waals surface area contributed by atoms with Gasteiger partial charge in [-0.3, -0.25) is 4.79 Å². The number of rotatable bonds is 2. The molecule has 1 aliphatic carbocycles. The highest BCUT2D eigenvalue weighted by atomic mass is 16.6. The molecular formula is C9H14O3. The van der Waals surface area contributed by atoms with E-state index >= 15 is 0 Å². The molecule has 0 amide bonds. The van der Waals surface area contributed by atoms with Crippen molar-refractivity contribution < 1.29 is 14.6 Å². The molecule has 3 heteroatoms. The molecule has 0 aromatic carbocycles. The van der Waals surface area contributed by atoms with E-state index in [2.05, 4.69) is 0 Å².